The Morgan fingerprint density at radius 3 is 2.15 bits per heavy atom. The molecule has 2 heterocycles. The van der Waals surface area contributed by atoms with Gasteiger partial charge in [-0.1, -0.05) is 72.8 Å². The first-order chi connectivity index (χ1) is 22.8. The number of benzene rings is 4. The summed E-state index contributed by atoms with van der Waals surface area (Å²) in [6, 6.07) is 35.1. The molecule has 0 saturated heterocycles. The Balaban J connectivity index is 1.47. The Labute approximate surface area is 273 Å². The van der Waals surface area contributed by atoms with Gasteiger partial charge in [-0.15, -0.1) is 0 Å². The maximum Gasteiger partial charge on any atom is 0.231 e. The van der Waals surface area contributed by atoms with E-state index in [2.05, 4.69) is 39.2 Å². The number of rotatable bonds is 14. The number of aromatic nitrogens is 4. The molecule has 0 bridgehead atoms. The number of nitrogens with one attached hydrogen (secondary N) is 2. The fourth-order valence-electron chi connectivity index (χ4n) is 5.13. The van der Waals surface area contributed by atoms with E-state index in [-0.39, 0.29) is 0 Å². The lowest BCUT2D eigenvalue weighted by atomic mass is 10.1. The first kappa shape index (κ1) is 31.5. The molecule has 0 aliphatic rings. The number of sulfonamides is 1. The molecule has 12 heteroatoms. The Morgan fingerprint density at radius 2 is 1.47 bits per heavy atom. The van der Waals surface area contributed by atoms with Crippen LogP contribution in [0.1, 0.15) is 11.1 Å². The standard InChI is InChI=1S/C35H35N7O4S/c1-45-19-20-46-31-18-10-15-28(22-31)37-35-38-33(41(23-26-11-5-3-6-12-26)24-27-13-7-4-8-14-27)32-34(39-35)42(25-36-32)30-17-9-16-29(21-30)40-47(2,43)44/h3-18,21-22,25,40H,19-20,23-24H2,1-2H3,(H,37,38,39). The average molecular weight is 650 g/mol. The van der Waals surface area contributed by atoms with Crippen LogP contribution in [0.25, 0.3) is 16.9 Å². The smallest absolute Gasteiger partial charge is 0.231 e. The zero-order chi connectivity index (χ0) is 32.6. The highest BCUT2D eigenvalue weighted by molar-refractivity contribution is 7.92. The van der Waals surface area contributed by atoms with E-state index in [9.17, 15) is 8.42 Å². The molecule has 0 aliphatic carbocycles. The van der Waals surface area contributed by atoms with E-state index in [4.69, 9.17) is 24.4 Å². The molecule has 0 aliphatic heterocycles. The van der Waals surface area contributed by atoms with Crippen molar-refractivity contribution in [1.29, 1.82) is 0 Å². The summed E-state index contributed by atoms with van der Waals surface area (Å²) in [5.41, 5.74) is 5.23. The number of imidazole rings is 1. The third-order valence-electron chi connectivity index (χ3n) is 7.18. The van der Waals surface area contributed by atoms with Gasteiger partial charge in [0.2, 0.25) is 16.0 Å². The normalized spacial score (nSPS) is 11.4. The quantitative estimate of drug-likeness (QED) is 0.134. The number of ether oxygens (including phenoxy) is 2. The zero-order valence-corrected chi connectivity index (χ0v) is 26.9. The molecule has 0 saturated carbocycles. The fraction of sp³-hybridized carbons (Fsp3) is 0.171. The summed E-state index contributed by atoms with van der Waals surface area (Å²) < 4.78 is 39.2. The van der Waals surface area contributed by atoms with Crippen molar-refractivity contribution >= 4 is 44.3 Å². The maximum absolute atomic E-state index is 12.0. The molecule has 11 nitrogen and oxygen atoms in total. The van der Waals surface area contributed by atoms with E-state index >= 15 is 0 Å². The molecule has 0 fully saturated rings. The minimum Gasteiger partial charge on any atom is -0.491 e. The zero-order valence-electron chi connectivity index (χ0n) is 26.1. The number of hydrogen-bond donors (Lipinski definition) is 2. The number of fused-ring (bicyclic) bond motifs is 1. The molecule has 2 aromatic heterocycles. The third kappa shape index (κ3) is 8.23. The van der Waals surface area contributed by atoms with Gasteiger partial charge in [-0.2, -0.15) is 9.97 Å². The van der Waals surface area contributed by atoms with Gasteiger partial charge in [0.15, 0.2) is 17.0 Å². The van der Waals surface area contributed by atoms with Crippen LogP contribution in [0.5, 0.6) is 5.75 Å². The summed E-state index contributed by atoms with van der Waals surface area (Å²) in [6.45, 7) is 2.05. The highest BCUT2D eigenvalue weighted by Gasteiger charge is 2.21. The lowest BCUT2D eigenvalue weighted by Crippen LogP contribution is -2.24. The highest BCUT2D eigenvalue weighted by Crippen LogP contribution is 2.31. The third-order valence-corrected chi connectivity index (χ3v) is 7.79. The van der Waals surface area contributed by atoms with E-state index in [1.807, 2.05) is 71.3 Å². The van der Waals surface area contributed by atoms with Crippen LogP contribution in [-0.2, 0) is 27.8 Å². The Hall–Kier alpha value is -5.46. The van der Waals surface area contributed by atoms with Gasteiger partial charge in [-0.25, -0.2) is 13.4 Å². The van der Waals surface area contributed by atoms with Crippen LogP contribution >= 0.6 is 0 Å². The van der Waals surface area contributed by atoms with E-state index in [1.165, 1.54) is 0 Å². The first-order valence-corrected chi connectivity index (χ1v) is 16.9. The summed E-state index contributed by atoms with van der Waals surface area (Å²) in [5, 5.41) is 3.37. The van der Waals surface area contributed by atoms with Gasteiger partial charge in [-0.05, 0) is 41.5 Å². The molecule has 4 aromatic carbocycles. The summed E-state index contributed by atoms with van der Waals surface area (Å²) in [6.07, 6.45) is 2.80. The number of anilines is 4. The molecular formula is C35H35N7O4S. The Bertz CT molecular complexity index is 2010. The molecular weight excluding hydrogens is 614 g/mol. The average Bonchev–Trinajstić information content (AvgIpc) is 3.49. The second-order valence-electron chi connectivity index (χ2n) is 10.9. The van der Waals surface area contributed by atoms with Crippen molar-refractivity contribution < 1.29 is 17.9 Å². The van der Waals surface area contributed by atoms with Gasteiger partial charge in [0.25, 0.3) is 0 Å². The van der Waals surface area contributed by atoms with Crippen molar-refractivity contribution in [1.82, 2.24) is 19.5 Å². The van der Waals surface area contributed by atoms with Crippen LogP contribution in [0.2, 0.25) is 0 Å². The molecule has 2 N–H and O–H groups in total. The van der Waals surface area contributed by atoms with Gasteiger partial charge in [-0.3, -0.25) is 9.29 Å². The summed E-state index contributed by atoms with van der Waals surface area (Å²) >= 11 is 0. The second-order valence-corrected chi connectivity index (χ2v) is 12.7. The molecule has 0 amide bonds. The number of hydrogen-bond acceptors (Lipinski definition) is 9. The fourth-order valence-corrected chi connectivity index (χ4v) is 5.69. The Morgan fingerprint density at radius 1 is 0.787 bits per heavy atom. The second kappa shape index (κ2) is 14.3. The molecule has 0 spiro atoms. The van der Waals surface area contributed by atoms with Gasteiger partial charge < -0.3 is 19.7 Å². The van der Waals surface area contributed by atoms with Gasteiger partial charge >= 0.3 is 0 Å². The van der Waals surface area contributed by atoms with E-state index < -0.39 is 10.0 Å². The van der Waals surface area contributed by atoms with Crippen molar-refractivity contribution in [3.05, 3.63) is 127 Å². The van der Waals surface area contributed by atoms with Crippen molar-refractivity contribution in [3.63, 3.8) is 0 Å². The summed E-state index contributed by atoms with van der Waals surface area (Å²) in [7, 11) is -1.84. The van der Waals surface area contributed by atoms with Crippen molar-refractivity contribution in [2.45, 2.75) is 13.1 Å². The molecule has 240 valence electrons. The van der Waals surface area contributed by atoms with Crippen LogP contribution in [0, 0.1) is 0 Å². The maximum atomic E-state index is 12.0. The SMILES string of the molecule is COCCOc1cccc(Nc2nc(N(Cc3ccccc3)Cc3ccccc3)c3ncn(-c4cccc(NS(C)(=O)=O)c4)c3n2)c1. The predicted molar refractivity (Wildman–Crippen MR) is 185 cm³/mol. The van der Waals surface area contributed by atoms with E-state index in [1.54, 1.807) is 31.6 Å². The van der Waals surface area contributed by atoms with E-state index in [0.717, 1.165) is 23.1 Å². The lowest BCUT2D eigenvalue weighted by molar-refractivity contribution is 0.146. The number of nitrogens with zero attached hydrogens (tertiary/aromatic N) is 5. The highest BCUT2D eigenvalue weighted by atomic mass is 32.2. The topological polar surface area (TPSA) is 123 Å². The van der Waals surface area contributed by atoms with Crippen LogP contribution in [-0.4, -0.2) is 54.5 Å². The molecule has 0 atom stereocenters. The van der Waals surface area contributed by atoms with Gasteiger partial charge in [0.05, 0.1) is 24.2 Å². The monoisotopic (exact) mass is 649 g/mol. The summed E-state index contributed by atoms with van der Waals surface area (Å²) in [5.74, 6) is 1.69. The van der Waals surface area contributed by atoms with Crippen LogP contribution in [0.4, 0.5) is 23.1 Å². The first-order valence-electron chi connectivity index (χ1n) is 15.0. The van der Waals surface area contributed by atoms with Crippen LogP contribution < -0.4 is 19.7 Å². The van der Waals surface area contributed by atoms with Crippen molar-refractivity contribution in [2.75, 3.05) is 41.5 Å². The predicted octanol–water partition coefficient (Wildman–Crippen LogP) is 6.16. The number of methoxy groups -OCH3 is 1. The van der Waals surface area contributed by atoms with Gasteiger partial charge in [0, 0.05) is 32.0 Å². The van der Waals surface area contributed by atoms with Crippen LogP contribution in [0.3, 0.4) is 0 Å². The largest absolute Gasteiger partial charge is 0.491 e. The van der Waals surface area contributed by atoms with Crippen molar-refractivity contribution in [2.24, 2.45) is 0 Å². The molecule has 47 heavy (non-hydrogen) atoms. The minimum absolute atomic E-state index is 0.361. The molecule has 6 rings (SSSR count). The molecule has 6 aromatic rings. The molecule has 0 radical (unpaired) electrons. The lowest BCUT2D eigenvalue weighted by Gasteiger charge is -2.25. The van der Waals surface area contributed by atoms with Crippen LogP contribution in [0.15, 0.2) is 116 Å². The molecule has 0 unspecified atom stereocenters. The Kier molecular flexibility index (Phi) is 9.60. The van der Waals surface area contributed by atoms with Gasteiger partial charge in [0.1, 0.15) is 18.7 Å². The minimum atomic E-state index is -3.47. The van der Waals surface area contributed by atoms with E-state index in [0.29, 0.717) is 66.4 Å². The summed E-state index contributed by atoms with van der Waals surface area (Å²) in [4.78, 5) is 17.0. The van der Waals surface area contributed by atoms with Crippen molar-refractivity contribution in [3.8, 4) is 11.4 Å².